The number of hydrogen-bond acceptors (Lipinski definition) is 3. The van der Waals surface area contributed by atoms with Crippen LogP contribution in [0.3, 0.4) is 0 Å². The first-order valence-electron chi connectivity index (χ1n) is 11.9. The molecule has 0 aliphatic heterocycles. The molecule has 2 rings (SSSR count). The van der Waals surface area contributed by atoms with Crippen molar-refractivity contribution in [3.05, 3.63) is 54.9 Å². The van der Waals surface area contributed by atoms with Crippen molar-refractivity contribution < 1.29 is 4.74 Å². The number of ether oxygens (including phenoxy) is 1. The SMILES string of the molecule is C=CCCCCCCCOc1ccc(-c2ncc(CCCC[C@@H](C)CC)cn2)cc1. The molecule has 1 aromatic carbocycles. The molecule has 0 spiro atoms. The summed E-state index contributed by atoms with van der Waals surface area (Å²) in [6.07, 6.45) is 19.4. The quantitative estimate of drug-likeness (QED) is 0.210. The molecule has 0 bridgehead atoms. The molecule has 164 valence electrons. The van der Waals surface area contributed by atoms with Gasteiger partial charge in [-0.05, 0) is 67.9 Å². The summed E-state index contributed by atoms with van der Waals surface area (Å²) in [6, 6.07) is 8.13. The van der Waals surface area contributed by atoms with Gasteiger partial charge in [-0.15, -0.1) is 6.58 Å². The minimum Gasteiger partial charge on any atom is -0.494 e. The Labute approximate surface area is 184 Å². The van der Waals surface area contributed by atoms with Crippen molar-refractivity contribution in [1.29, 1.82) is 0 Å². The summed E-state index contributed by atoms with van der Waals surface area (Å²) >= 11 is 0. The third kappa shape index (κ3) is 9.56. The van der Waals surface area contributed by atoms with Crippen LogP contribution < -0.4 is 4.74 Å². The summed E-state index contributed by atoms with van der Waals surface area (Å²) in [5.74, 6) is 2.54. The molecule has 3 heteroatoms. The van der Waals surface area contributed by atoms with E-state index < -0.39 is 0 Å². The Morgan fingerprint density at radius 2 is 1.63 bits per heavy atom. The van der Waals surface area contributed by atoms with Gasteiger partial charge in [-0.3, -0.25) is 0 Å². The van der Waals surface area contributed by atoms with E-state index >= 15 is 0 Å². The molecule has 0 saturated heterocycles. The molecule has 3 nitrogen and oxygen atoms in total. The molecule has 1 aromatic heterocycles. The monoisotopic (exact) mass is 408 g/mol. The van der Waals surface area contributed by atoms with Gasteiger partial charge in [0.1, 0.15) is 5.75 Å². The molecule has 0 aliphatic rings. The van der Waals surface area contributed by atoms with E-state index in [9.17, 15) is 0 Å². The van der Waals surface area contributed by atoms with Crippen molar-refractivity contribution >= 4 is 0 Å². The number of rotatable bonds is 16. The largest absolute Gasteiger partial charge is 0.494 e. The summed E-state index contributed by atoms with van der Waals surface area (Å²) in [7, 11) is 0. The molecule has 30 heavy (non-hydrogen) atoms. The van der Waals surface area contributed by atoms with E-state index in [0.717, 1.165) is 48.9 Å². The summed E-state index contributed by atoms with van der Waals surface area (Å²) in [5.41, 5.74) is 2.26. The number of unbranched alkanes of at least 4 members (excludes halogenated alkanes) is 6. The molecule has 0 aliphatic carbocycles. The van der Waals surface area contributed by atoms with Crippen molar-refractivity contribution in [2.45, 2.75) is 84.5 Å². The van der Waals surface area contributed by atoms with Crippen LogP contribution in [0.4, 0.5) is 0 Å². The number of nitrogens with zero attached hydrogens (tertiary/aromatic N) is 2. The summed E-state index contributed by atoms with van der Waals surface area (Å²) < 4.78 is 5.87. The summed E-state index contributed by atoms with van der Waals surface area (Å²) in [4.78, 5) is 9.14. The highest BCUT2D eigenvalue weighted by Crippen LogP contribution is 2.20. The maximum absolute atomic E-state index is 5.87. The van der Waals surface area contributed by atoms with E-state index in [1.54, 1.807) is 0 Å². The second-order valence-corrected chi connectivity index (χ2v) is 8.39. The van der Waals surface area contributed by atoms with Gasteiger partial charge in [-0.1, -0.05) is 58.4 Å². The summed E-state index contributed by atoms with van der Waals surface area (Å²) in [5, 5.41) is 0. The predicted molar refractivity (Wildman–Crippen MR) is 128 cm³/mol. The highest BCUT2D eigenvalue weighted by Gasteiger charge is 2.04. The summed E-state index contributed by atoms with van der Waals surface area (Å²) in [6.45, 7) is 9.15. The van der Waals surface area contributed by atoms with E-state index in [4.69, 9.17) is 4.74 Å². The van der Waals surface area contributed by atoms with Crippen LogP contribution in [0.1, 0.15) is 83.6 Å². The van der Waals surface area contributed by atoms with Gasteiger partial charge < -0.3 is 4.74 Å². The first-order chi connectivity index (χ1) is 14.7. The molecule has 0 radical (unpaired) electrons. The first kappa shape index (κ1) is 24.1. The van der Waals surface area contributed by atoms with E-state index in [1.165, 1.54) is 56.9 Å². The Kier molecular flexibility index (Phi) is 11.9. The lowest BCUT2D eigenvalue weighted by Gasteiger charge is -2.08. The Hall–Kier alpha value is -2.16. The normalized spacial score (nSPS) is 11.9. The van der Waals surface area contributed by atoms with Crippen LogP contribution in [0.15, 0.2) is 49.3 Å². The van der Waals surface area contributed by atoms with Crippen molar-refractivity contribution in [3.8, 4) is 17.1 Å². The third-order valence-corrected chi connectivity index (χ3v) is 5.75. The smallest absolute Gasteiger partial charge is 0.159 e. The fourth-order valence-electron chi connectivity index (χ4n) is 3.47. The fourth-order valence-corrected chi connectivity index (χ4v) is 3.47. The molecule has 2 aromatic rings. The van der Waals surface area contributed by atoms with Gasteiger partial charge in [0.05, 0.1) is 6.61 Å². The average molecular weight is 409 g/mol. The van der Waals surface area contributed by atoms with Crippen molar-refractivity contribution in [3.63, 3.8) is 0 Å². The number of aromatic nitrogens is 2. The van der Waals surface area contributed by atoms with E-state index in [0.29, 0.717) is 0 Å². The lowest BCUT2D eigenvalue weighted by molar-refractivity contribution is 0.304. The van der Waals surface area contributed by atoms with Crippen LogP contribution in [-0.2, 0) is 6.42 Å². The number of benzene rings is 1. The maximum atomic E-state index is 5.87. The van der Waals surface area contributed by atoms with Gasteiger partial charge in [0.2, 0.25) is 0 Å². The first-order valence-corrected chi connectivity index (χ1v) is 11.9. The molecule has 1 atom stereocenters. The maximum Gasteiger partial charge on any atom is 0.159 e. The van der Waals surface area contributed by atoms with Crippen LogP contribution in [0.25, 0.3) is 11.4 Å². The minimum atomic E-state index is 0.781. The molecule has 0 unspecified atom stereocenters. The molecule has 1 heterocycles. The van der Waals surface area contributed by atoms with E-state index in [1.807, 2.05) is 42.7 Å². The van der Waals surface area contributed by atoms with Crippen molar-refractivity contribution in [1.82, 2.24) is 9.97 Å². The zero-order valence-electron chi connectivity index (χ0n) is 19.1. The van der Waals surface area contributed by atoms with Crippen molar-refractivity contribution in [2.75, 3.05) is 6.61 Å². The lowest BCUT2D eigenvalue weighted by atomic mass is 10.00. The highest BCUT2D eigenvalue weighted by molar-refractivity contribution is 5.55. The fraction of sp³-hybridized carbons (Fsp3) is 0.556. The average Bonchev–Trinajstić information content (AvgIpc) is 2.79. The topological polar surface area (TPSA) is 35.0 Å². The van der Waals surface area contributed by atoms with Gasteiger partial charge in [-0.25, -0.2) is 9.97 Å². The second kappa shape index (κ2) is 14.8. The van der Waals surface area contributed by atoms with Crippen LogP contribution in [0.2, 0.25) is 0 Å². The Bertz CT molecular complexity index is 694. The number of aryl methyl sites for hydroxylation is 1. The van der Waals surface area contributed by atoms with E-state index in [-0.39, 0.29) is 0 Å². The molecular formula is C27H40N2O. The van der Waals surface area contributed by atoms with Crippen LogP contribution >= 0.6 is 0 Å². The third-order valence-electron chi connectivity index (χ3n) is 5.75. The van der Waals surface area contributed by atoms with Gasteiger partial charge >= 0.3 is 0 Å². The molecule has 0 saturated carbocycles. The van der Waals surface area contributed by atoms with Gasteiger partial charge in [0.25, 0.3) is 0 Å². The number of hydrogen-bond donors (Lipinski definition) is 0. The van der Waals surface area contributed by atoms with Gasteiger partial charge in [0, 0.05) is 18.0 Å². The Morgan fingerprint density at radius 1 is 0.933 bits per heavy atom. The molecule has 0 amide bonds. The zero-order chi connectivity index (χ0) is 21.4. The van der Waals surface area contributed by atoms with Gasteiger partial charge in [0.15, 0.2) is 5.82 Å². The molecule has 0 fully saturated rings. The molecule has 0 N–H and O–H groups in total. The van der Waals surface area contributed by atoms with Crippen molar-refractivity contribution in [2.24, 2.45) is 5.92 Å². The standard InChI is InChI=1S/C27H40N2O/c1-4-6-7-8-9-10-13-20-30-26-18-16-25(17-19-26)27-28-21-24(22-29-27)15-12-11-14-23(3)5-2/h4,16-19,21-23H,1,5-15,20H2,2-3H3/t23-/m0/s1. The van der Waals surface area contributed by atoms with Gasteiger partial charge in [-0.2, -0.15) is 0 Å². The highest BCUT2D eigenvalue weighted by atomic mass is 16.5. The van der Waals surface area contributed by atoms with Crippen LogP contribution in [-0.4, -0.2) is 16.6 Å². The Balaban J connectivity index is 1.68. The number of allylic oxidation sites excluding steroid dienone is 1. The second-order valence-electron chi connectivity index (χ2n) is 8.39. The van der Waals surface area contributed by atoms with Crippen LogP contribution in [0, 0.1) is 5.92 Å². The molecular weight excluding hydrogens is 368 g/mol. The van der Waals surface area contributed by atoms with E-state index in [2.05, 4.69) is 30.4 Å². The zero-order valence-corrected chi connectivity index (χ0v) is 19.1. The Morgan fingerprint density at radius 3 is 2.33 bits per heavy atom. The van der Waals surface area contributed by atoms with Crippen LogP contribution in [0.5, 0.6) is 5.75 Å². The lowest BCUT2D eigenvalue weighted by Crippen LogP contribution is -1.98. The minimum absolute atomic E-state index is 0.781. The predicted octanol–water partition coefficient (Wildman–Crippen LogP) is 7.81.